The third-order valence-electron chi connectivity index (χ3n) is 2.01. The van der Waals surface area contributed by atoms with Gasteiger partial charge in [-0.05, 0) is 20.3 Å². The molecule has 11 heavy (non-hydrogen) atoms. The number of rotatable bonds is 4. The summed E-state index contributed by atoms with van der Waals surface area (Å²) in [5.41, 5.74) is 5.33. The van der Waals surface area contributed by atoms with Gasteiger partial charge in [0.05, 0.1) is 11.6 Å². The Morgan fingerprint density at radius 1 is 1.64 bits per heavy atom. The highest BCUT2D eigenvalue weighted by atomic mass is 16.5. The first-order chi connectivity index (χ1) is 5.10. The van der Waals surface area contributed by atoms with Crippen LogP contribution < -0.4 is 5.73 Å². The van der Waals surface area contributed by atoms with Crippen molar-refractivity contribution in [2.45, 2.75) is 38.8 Å². The first-order valence-electron chi connectivity index (χ1n) is 3.96. The van der Waals surface area contributed by atoms with E-state index in [1.807, 2.05) is 20.8 Å². The van der Waals surface area contributed by atoms with Gasteiger partial charge < -0.3 is 10.5 Å². The second-order valence-corrected chi connectivity index (χ2v) is 2.74. The van der Waals surface area contributed by atoms with Gasteiger partial charge in [-0.2, -0.15) is 0 Å². The Kier molecular flexibility index (Phi) is 4.17. The zero-order valence-corrected chi connectivity index (χ0v) is 7.55. The number of ether oxygens (including phenoxy) is 1. The molecule has 0 aromatic heterocycles. The molecule has 0 fully saturated rings. The van der Waals surface area contributed by atoms with Crippen LogP contribution in [0.1, 0.15) is 27.2 Å². The summed E-state index contributed by atoms with van der Waals surface area (Å²) in [7, 11) is 0. The maximum Gasteiger partial charge on any atom is 0.0953 e. The average Bonchev–Trinajstić information content (AvgIpc) is 2.03. The lowest BCUT2D eigenvalue weighted by molar-refractivity contribution is -0.0342. The molecule has 0 saturated heterocycles. The Balaban J connectivity index is 4.22. The van der Waals surface area contributed by atoms with Crippen LogP contribution in [0.2, 0.25) is 0 Å². The highest BCUT2D eigenvalue weighted by Crippen LogP contribution is 2.17. The largest absolute Gasteiger partial charge is 0.373 e. The number of hydrogen-bond donors (Lipinski definition) is 1. The van der Waals surface area contributed by atoms with Crippen molar-refractivity contribution in [3.63, 3.8) is 0 Å². The van der Waals surface area contributed by atoms with Gasteiger partial charge in [0.25, 0.3) is 0 Å². The van der Waals surface area contributed by atoms with Crippen molar-refractivity contribution in [2.75, 3.05) is 6.61 Å². The fraction of sp³-hybridized carbons (Fsp3) is 0.778. The molecule has 0 aromatic rings. The van der Waals surface area contributed by atoms with Crippen molar-refractivity contribution in [2.24, 2.45) is 5.73 Å². The maximum absolute atomic E-state index is 5.69. The molecule has 2 atom stereocenters. The zero-order chi connectivity index (χ0) is 8.91. The van der Waals surface area contributed by atoms with Crippen LogP contribution in [-0.4, -0.2) is 18.2 Å². The SMILES string of the molecule is C#CC(N)C(C)(CC)OCC. The van der Waals surface area contributed by atoms with E-state index in [0.29, 0.717) is 6.61 Å². The molecule has 64 valence electrons. The van der Waals surface area contributed by atoms with E-state index in [9.17, 15) is 0 Å². The fourth-order valence-corrected chi connectivity index (χ4v) is 0.918. The molecular weight excluding hydrogens is 138 g/mol. The highest BCUT2D eigenvalue weighted by molar-refractivity contribution is 5.06. The van der Waals surface area contributed by atoms with E-state index < -0.39 is 0 Å². The Labute approximate surface area is 69.1 Å². The fourth-order valence-electron chi connectivity index (χ4n) is 0.918. The molecule has 0 bridgehead atoms. The summed E-state index contributed by atoms with van der Waals surface area (Å²) in [6.45, 7) is 6.56. The van der Waals surface area contributed by atoms with Gasteiger partial charge in [0.2, 0.25) is 0 Å². The van der Waals surface area contributed by atoms with Crippen molar-refractivity contribution in [1.82, 2.24) is 0 Å². The lowest BCUT2D eigenvalue weighted by Crippen LogP contribution is -2.46. The summed E-state index contributed by atoms with van der Waals surface area (Å²) in [4.78, 5) is 0. The Morgan fingerprint density at radius 2 is 2.18 bits per heavy atom. The second-order valence-electron chi connectivity index (χ2n) is 2.74. The van der Waals surface area contributed by atoms with Crippen molar-refractivity contribution in [3.8, 4) is 12.3 Å². The second kappa shape index (κ2) is 4.38. The molecule has 0 rings (SSSR count). The van der Waals surface area contributed by atoms with E-state index in [1.54, 1.807) is 0 Å². The number of terminal acetylenes is 1. The predicted molar refractivity (Wildman–Crippen MR) is 47.1 cm³/mol. The van der Waals surface area contributed by atoms with Crippen LogP contribution in [0.5, 0.6) is 0 Å². The molecule has 0 saturated carbocycles. The molecule has 2 unspecified atom stereocenters. The first kappa shape index (κ1) is 10.5. The number of nitrogens with two attached hydrogens (primary N) is 1. The van der Waals surface area contributed by atoms with Crippen molar-refractivity contribution in [3.05, 3.63) is 0 Å². The van der Waals surface area contributed by atoms with E-state index in [-0.39, 0.29) is 11.6 Å². The standard InChI is InChI=1S/C9H17NO/c1-5-8(10)9(4,6-2)11-7-3/h1,8H,6-7,10H2,2-4H3. The van der Waals surface area contributed by atoms with Crippen molar-refractivity contribution >= 4 is 0 Å². The van der Waals surface area contributed by atoms with Crippen LogP contribution in [0, 0.1) is 12.3 Å². The van der Waals surface area contributed by atoms with Gasteiger partial charge in [0.15, 0.2) is 0 Å². The molecule has 0 heterocycles. The summed E-state index contributed by atoms with van der Waals surface area (Å²) >= 11 is 0. The highest BCUT2D eigenvalue weighted by Gasteiger charge is 2.28. The Hall–Kier alpha value is -0.520. The van der Waals surface area contributed by atoms with Crippen molar-refractivity contribution in [1.29, 1.82) is 0 Å². The molecule has 0 aliphatic rings. The summed E-state index contributed by atoms with van der Waals surface area (Å²) in [6.07, 6.45) is 6.05. The molecular formula is C9H17NO. The summed E-state index contributed by atoms with van der Waals surface area (Å²) in [5, 5.41) is 0. The van der Waals surface area contributed by atoms with E-state index in [1.165, 1.54) is 0 Å². The lowest BCUT2D eigenvalue weighted by Gasteiger charge is -2.31. The molecule has 2 heteroatoms. The van der Waals surface area contributed by atoms with Crippen molar-refractivity contribution < 1.29 is 4.74 Å². The van der Waals surface area contributed by atoms with Crippen LogP contribution in [-0.2, 0) is 4.74 Å². The summed E-state index contributed by atoms with van der Waals surface area (Å²) in [5.74, 6) is 2.49. The van der Waals surface area contributed by atoms with E-state index in [4.69, 9.17) is 16.9 Å². The van der Waals surface area contributed by atoms with Gasteiger partial charge in [-0.15, -0.1) is 6.42 Å². The van der Waals surface area contributed by atoms with E-state index in [2.05, 4.69) is 5.92 Å². The minimum Gasteiger partial charge on any atom is -0.373 e. The van der Waals surface area contributed by atoms with E-state index in [0.717, 1.165) is 6.42 Å². The molecule has 0 amide bonds. The molecule has 0 aromatic carbocycles. The molecule has 2 N–H and O–H groups in total. The predicted octanol–water partition coefficient (Wildman–Crippen LogP) is 1.15. The van der Waals surface area contributed by atoms with Crippen LogP contribution in [0.15, 0.2) is 0 Å². The quantitative estimate of drug-likeness (QED) is 0.618. The zero-order valence-electron chi connectivity index (χ0n) is 7.55. The number of hydrogen-bond acceptors (Lipinski definition) is 2. The maximum atomic E-state index is 5.69. The van der Waals surface area contributed by atoms with Gasteiger partial charge in [0.1, 0.15) is 0 Å². The van der Waals surface area contributed by atoms with Crippen LogP contribution in [0.3, 0.4) is 0 Å². The minimum atomic E-state index is -0.358. The molecule has 0 spiro atoms. The van der Waals surface area contributed by atoms with Gasteiger partial charge in [-0.25, -0.2) is 0 Å². The van der Waals surface area contributed by atoms with Gasteiger partial charge in [-0.1, -0.05) is 12.8 Å². The molecule has 0 aliphatic heterocycles. The Bertz CT molecular complexity index is 150. The minimum absolute atomic E-state index is 0.313. The van der Waals surface area contributed by atoms with Crippen LogP contribution in [0.4, 0.5) is 0 Å². The lowest BCUT2D eigenvalue weighted by atomic mass is 9.94. The average molecular weight is 155 g/mol. The molecule has 2 nitrogen and oxygen atoms in total. The summed E-state index contributed by atoms with van der Waals surface area (Å²) < 4.78 is 5.46. The van der Waals surface area contributed by atoms with Crippen LogP contribution in [0.25, 0.3) is 0 Å². The third-order valence-corrected chi connectivity index (χ3v) is 2.01. The normalized spacial score (nSPS) is 18.5. The first-order valence-corrected chi connectivity index (χ1v) is 3.96. The topological polar surface area (TPSA) is 35.2 Å². The van der Waals surface area contributed by atoms with Gasteiger partial charge in [0, 0.05) is 6.61 Å². The van der Waals surface area contributed by atoms with Gasteiger partial charge in [-0.3, -0.25) is 0 Å². The Morgan fingerprint density at radius 3 is 2.45 bits per heavy atom. The van der Waals surface area contributed by atoms with Gasteiger partial charge >= 0.3 is 0 Å². The molecule has 0 radical (unpaired) electrons. The smallest absolute Gasteiger partial charge is 0.0953 e. The van der Waals surface area contributed by atoms with E-state index >= 15 is 0 Å². The monoisotopic (exact) mass is 155 g/mol. The summed E-state index contributed by atoms with van der Waals surface area (Å²) in [6, 6.07) is -0.313. The molecule has 0 aliphatic carbocycles. The third kappa shape index (κ3) is 2.53. The van der Waals surface area contributed by atoms with Crippen LogP contribution >= 0.6 is 0 Å².